The van der Waals surface area contributed by atoms with Crippen molar-refractivity contribution in [2.75, 3.05) is 44.4 Å². The Kier molecular flexibility index (Phi) is 15.6. The van der Waals surface area contributed by atoms with Crippen LogP contribution in [0.15, 0.2) is 9.96 Å². The van der Waals surface area contributed by atoms with Gasteiger partial charge in [-0.05, 0) is 27.7 Å². The van der Waals surface area contributed by atoms with Gasteiger partial charge in [0.15, 0.2) is 5.49 Å². The fourth-order valence-electron chi connectivity index (χ4n) is 1.66. The molecular weight excluding hydrogens is 471 g/mol. The zero-order chi connectivity index (χ0) is 24.0. The van der Waals surface area contributed by atoms with E-state index in [9.17, 15) is 13.8 Å². The van der Waals surface area contributed by atoms with E-state index in [1.54, 1.807) is 40.2 Å². The molecule has 0 spiro atoms. The van der Waals surface area contributed by atoms with Crippen molar-refractivity contribution in [2.45, 2.75) is 27.7 Å². The third-order valence-corrected chi connectivity index (χ3v) is 7.83. The van der Waals surface area contributed by atoms with Crippen molar-refractivity contribution < 1.29 is 61.2 Å². The van der Waals surface area contributed by atoms with E-state index in [4.69, 9.17) is 37.2 Å². The van der Waals surface area contributed by atoms with Crippen molar-refractivity contribution in [1.82, 2.24) is 0 Å². The molecule has 0 atom stereocenters. The van der Waals surface area contributed by atoms with Gasteiger partial charge >= 0.3 is 11.9 Å². The summed E-state index contributed by atoms with van der Waals surface area (Å²) in [6.45, 7) is 7.28. The molecule has 0 heterocycles. The summed E-state index contributed by atoms with van der Waals surface area (Å²) in [6.07, 6.45) is 3.10. The predicted octanol–water partition coefficient (Wildman–Crippen LogP) is -2.47. The molecule has 0 aromatic rings. The van der Waals surface area contributed by atoms with Gasteiger partial charge in [0.05, 0.1) is 36.4 Å². The van der Waals surface area contributed by atoms with E-state index in [2.05, 4.69) is 9.96 Å². The maximum atomic E-state index is 12.2. The van der Waals surface area contributed by atoms with Gasteiger partial charge in [-0.3, -0.25) is 0 Å². The topological polar surface area (TPSA) is 205 Å². The Bertz CT molecular complexity index is 639. The van der Waals surface area contributed by atoms with Crippen LogP contribution < -0.4 is 18.6 Å². The number of carbonyl (C=O) groups is 2. The van der Waals surface area contributed by atoms with Crippen LogP contribution in [0.2, 0.25) is 0 Å². The molecule has 0 radical (unpaired) electrons. The SMILES string of the molecule is CCOC(=O)C(=NN=P(C[S+](C)(C)=O)(OCC)OCC)C(=O)OCC.[O-][Cl+3]([O-])([O-])[O-]. The van der Waals surface area contributed by atoms with Crippen LogP contribution in [0.1, 0.15) is 27.7 Å². The summed E-state index contributed by atoms with van der Waals surface area (Å²) >= 11 is 0. The zero-order valence-corrected chi connectivity index (χ0v) is 20.1. The van der Waals surface area contributed by atoms with Crippen LogP contribution in [0.4, 0.5) is 0 Å². The Balaban J connectivity index is 0. The average Bonchev–Trinajstić information content (AvgIpc) is 2.53. The van der Waals surface area contributed by atoms with Gasteiger partial charge in [-0.15, -0.1) is 24.4 Å². The van der Waals surface area contributed by atoms with Crippen molar-refractivity contribution in [2.24, 2.45) is 9.96 Å². The number of hydrogen-bond donors (Lipinski definition) is 0. The van der Waals surface area contributed by atoms with Gasteiger partial charge in [0.25, 0.3) is 13.2 Å². The van der Waals surface area contributed by atoms with Gasteiger partial charge in [0.1, 0.15) is 12.5 Å². The molecule has 0 N–H and O–H groups in total. The summed E-state index contributed by atoms with van der Waals surface area (Å²) in [7, 11) is -10.3. The minimum atomic E-state index is -4.94. The van der Waals surface area contributed by atoms with Crippen molar-refractivity contribution >= 4 is 35.1 Å². The highest BCUT2D eigenvalue weighted by Crippen LogP contribution is 2.53. The molecule has 178 valence electrons. The molecule has 0 bridgehead atoms. The Morgan fingerprint density at radius 2 is 1.23 bits per heavy atom. The minimum Gasteiger partial charge on any atom is -0.461 e. The maximum absolute atomic E-state index is 12.2. The lowest BCUT2D eigenvalue weighted by Gasteiger charge is -2.20. The number of esters is 2. The minimum absolute atomic E-state index is 0.0180. The van der Waals surface area contributed by atoms with Crippen LogP contribution in [-0.2, 0) is 42.3 Å². The van der Waals surface area contributed by atoms with Crippen LogP contribution in [0, 0.1) is 10.2 Å². The second-order valence-electron chi connectivity index (χ2n) is 5.40. The van der Waals surface area contributed by atoms with Crippen molar-refractivity contribution in [3.05, 3.63) is 0 Å². The molecule has 0 saturated heterocycles. The van der Waals surface area contributed by atoms with Crippen LogP contribution >= 0.6 is 7.51 Å². The second-order valence-corrected chi connectivity index (χ2v) is 12.0. The lowest BCUT2D eigenvalue weighted by molar-refractivity contribution is -2.00. The largest absolute Gasteiger partial charge is 0.461 e. The maximum Gasteiger partial charge on any atom is 0.366 e. The standard InChI is InChI=1S/C14H28N2O7PS.ClHO4/c1-7-20-13(17)12(14(18)21-8-2)15-16-24(22-9-3,23-10-4)11-25(5,6)19;2-1(3,4)5/h7-11H2,1-6H3;(H,2,3,4,5)/q+1;/p-1. The first-order valence-corrected chi connectivity index (χ1v) is 14.0. The van der Waals surface area contributed by atoms with E-state index < -0.39 is 45.3 Å². The number of halogens is 1. The average molecular weight is 499 g/mol. The Labute approximate surface area is 178 Å². The highest BCUT2D eigenvalue weighted by molar-refractivity contribution is 8.06. The first-order valence-electron chi connectivity index (χ1n) is 8.49. The molecule has 16 heteroatoms. The normalized spacial score (nSPS) is 11.7. The van der Waals surface area contributed by atoms with Crippen LogP contribution in [0.5, 0.6) is 0 Å². The lowest BCUT2D eigenvalue weighted by atomic mass is 10.4. The van der Waals surface area contributed by atoms with E-state index in [1.807, 2.05) is 0 Å². The van der Waals surface area contributed by atoms with Gasteiger partial charge in [-0.25, -0.2) is 28.2 Å². The van der Waals surface area contributed by atoms with E-state index in [-0.39, 0.29) is 31.9 Å². The lowest BCUT2D eigenvalue weighted by Crippen LogP contribution is -2.68. The first kappa shape index (κ1) is 31.2. The monoisotopic (exact) mass is 498 g/mol. The van der Waals surface area contributed by atoms with Crippen LogP contribution in [0.3, 0.4) is 0 Å². The van der Waals surface area contributed by atoms with Crippen molar-refractivity contribution in [3.63, 3.8) is 0 Å². The number of carbonyl (C=O) groups excluding carboxylic acids is 2. The van der Waals surface area contributed by atoms with Gasteiger partial charge in [-0.1, -0.05) is 0 Å². The molecule has 0 aromatic carbocycles. The van der Waals surface area contributed by atoms with Crippen LogP contribution in [0.25, 0.3) is 0 Å². The first-order chi connectivity index (χ1) is 13.6. The highest BCUT2D eigenvalue weighted by Gasteiger charge is 2.33. The molecule has 13 nitrogen and oxygen atoms in total. The molecule has 0 aliphatic heterocycles. The second kappa shape index (κ2) is 14.9. The highest BCUT2D eigenvalue weighted by atomic mass is 35.7. The Hall–Kier alpha value is -0.960. The van der Waals surface area contributed by atoms with Gasteiger partial charge in [-0.2, -0.15) is 0 Å². The summed E-state index contributed by atoms with van der Waals surface area (Å²) in [5.41, 5.74) is -0.587. The third kappa shape index (κ3) is 16.8. The molecule has 0 aliphatic carbocycles. The van der Waals surface area contributed by atoms with Crippen molar-refractivity contribution in [3.8, 4) is 0 Å². The molecular formula is C14H28ClN2O11PS. The molecule has 0 unspecified atom stereocenters. The Morgan fingerprint density at radius 3 is 1.50 bits per heavy atom. The van der Waals surface area contributed by atoms with E-state index in [1.165, 1.54) is 0 Å². The fourth-order valence-corrected chi connectivity index (χ4v) is 6.82. The summed E-state index contributed by atoms with van der Waals surface area (Å²) in [5, 5.41) is 3.72. The molecule has 0 fully saturated rings. The molecule has 0 saturated carbocycles. The van der Waals surface area contributed by atoms with E-state index in [0.717, 1.165) is 0 Å². The molecule has 0 aromatic heterocycles. The van der Waals surface area contributed by atoms with E-state index in [0.29, 0.717) is 0 Å². The van der Waals surface area contributed by atoms with Crippen LogP contribution in [-0.4, -0.2) is 62.1 Å². The predicted molar refractivity (Wildman–Crippen MR) is 98.1 cm³/mol. The van der Waals surface area contributed by atoms with Gasteiger partial charge in [0, 0.05) is 0 Å². The molecule has 30 heavy (non-hydrogen) atoms. The summed E-state index contributed by atoms with van der Waals surface area (Å²) in [4.78, 5) is 27.9. The molecule has 0 rings (SSSR count). The smallest absolute Gasteiger partial charge is 0.366 e. The number of rotatable bonds is 11. The molecule has 0 aliphatic rings. The van der Waals surface area contributed by atoms with E-state index >= 15 is 0 Å². The summed E-state index contributed by atoms with van der Waals surface area (Å²) in [6, 6.07) is 0. The van der Waals surface area contributed by atoms with Gasteiger partial charge in [0.2, 0.25) is 0 Å². The van der Waals surface area contributed by atoms with Gasteiger partial charge < -0.3 is 18.5 Å². The quantitative estimate of drug-likeness (QED) is 0.0728. The number of hydrogen-bond acceptors (Lipinski definition) is 12. The Morgan fingerprint density at radius 1 is 0.867 bits per heavy atom. The number of nitrogens with zero attached hydrogens (tertiary/aromatic N) is 2. The zero-order valence-electron chi connectivity index (χ0n) is 17.7. The molecule has 0 amide bonds. The number of ether oxygens (including phenoxy) is 2. The van der Waals surface area contributed by atoms with Crippen molar-refractivity contribution in [1.29, 1.82) is 0 Å². The summed E-state index contributed by atoms with van der Waals surface area (Å²) in [5.74, 6) is -1.91. The summed E-state index contributed by atoms with van der Waals surface area (Å²) < 4.78 is 67.0. The third-order valence-electron chi connectivity index (χ3n) is 2.35. The fraction of sp³-hybridized carbons (Fsp3) is 0.786.